The number of aliphatic hydroxyl groups excluding tert-OH is 1. The van der Waals surface area contributed by atoms with Gasteiger partial charge in [0.25, 0.3) is 5.69 Å². The van der Waals surface area contributed by atoms with Crippen molar-refractivity contribution in [3.8, 4) is 0 Å². The molecule has 0 amide bonds. The Hall–Kier alpha value is -1.37. The van der Waals surface area contributed by atoms with Gasteiger partial charge in [-0.25, -0.2) is 0 Å². The summed E-state index contributed by atoms with van der Waals surface area (Å²) in [5.74, 6) is 0. The maximum Gasteiger partial charge on any atom is 0.294 e. The van der Waals surface area contributed by atoms with Gasteiger partial charge in [0.2, 0.25) is 0 Å². The summed E-state index contributed by atoms with van der Waals surface area (Å²) in [5.41, 5.74) is 1.21. The molecule has 0 aliphatic rings. The van der Waals surface area contributed by atoms with Crippen LogP contribution in [0.5, 0.6) is 0 Å². The number of hydrogen-bond acceptors (Lipinski definition) is 5. The van der Waals surface area contributed by atoms with Gasteiger partial charge in [-0.15, -0.1) is 11.3 Å². The lowest BCUT2D eigenvalue weighted by atomic mass is 10.2. The molecule has 0 aliphatic carbocycles. The van der Waals surface area contributed by atoms with Crippen molar-refractivity contribution in [2.45, 2.75) is 29.1 Å². The van der Waals surface area contributed by atoms with Gasteiger partial charge in [0.1, 0.15) is 4.21 Å². The number of nitro groups is 1. The largest absolute Gasteiger partial charge is 0.388 e. The maximum atomic E-state index is 11.0. The van der Waals surface area contributed by atoms with E-state index in [0.29, 0.717) is 9.09 Å². The Morgan fingerprint density at radius 2 is 2.00 bits per heavy atom. The maximum absolute atomic E-state index is 11.0. The molecule has 1 aromatic heterocycles. The molecule has 1 heterocycles. The zero-order chi connectivity index (χ0) is 14.0. The smallest absolute Gasteiger partial charge is 0.294 e. The number of thiophene rings is 1. The van der Waals surface area contributed by atoms with E-state index in [2.05, 4.69) is 0 Å². The second-order valence-corrected chi connectivity index (χ2v) is 6.60. The molecule has 6 heteroatoms. The lowest BCUT2D eigenvalue weighted by Gasteiger charge is -1.99. The normalized spacial score (nSPS) is 12.4. The van der Waals surface area contributed by atoms with Crippen LogP contribution < -0.4 is 0 Å². The number of benzene rings is 1. The molecule has 0 aliphatic heterocycles. The summed E-state index contributed by atoms with van der Waals surface area (Å²) in [6.07, 6.45) is -0.684. The molecule has 4 nitrogen and oxygen atoms in total. The van der Waals surface area contributed by atoms with Gasteiger partial charge in [-0.05, 0) is 26.0 Å². The Balaban J connectivity index is 2.33. The number of aliphatic hydroxyl groups is 1. The van der Waals surface area contributed by atoms with E-state index in [1.807, 2.05) is 31.2 Å². The standard InChI is InChI=1S/C13H13NO3S2/c1-8-3-5-10(6-4-8)18-13-11(14(16)17)7-12(19-13)9(2)15/h3-7,9,15H,1-2H3/t9-/m1/s1. The van der Waals surface area contributed by atoms with Crippen molar-refractivity contribution in [3.05, 3.63) is 50.9 Å². The number of hydrogen-bond donors (Lipinski definition) is 1. The van der Waals surface area contributed by atoms with E-state index in [0.717, 1.165) is 10.5 Å². The summed E-state index contributed by atoms with van der Waals surface area (Å²) in [7, 11) is 0. The SMILES string of the molecule is Cc1ccc(Sc2sc([C@@H](C)O)cc2[N+](=O)[O-])cc1. The van der Waals surface area contributed by atoms with Crippen LogP contribution in [0.2, 0.25) is 0 Å². The van der Waals surface area contributed by atoms with E-state index >= 15 is 0 Å². The first-order valence-corrected chi connectivity index (χ1v) is 7.31. The molecule has 19 heavy (non-hydrogen) atoms. The van der Waals surface area contributed by atoms with Gasteiger partial charge < -0.3 is 5.11 Å². The fourth-order valence-electron chi connectivity index (χ4n) is 1.50. The Kier molecular flexibility index (Phi) is 4.24. The van der Waals surface area contributed by atoms with Crippen LogP contribution in [-0.2, 0) is 0 Å². The molecule has 2 aromatic rings. The topological polar surface area (TPSA) is 63.4 Å². The summed E-state index contributed by atoms with van der Waals surface area (Å²) in [5, 5.41) is 20.5. The first-order valence-electron chi connectivity index (χ1n) is 5.68. The van der Waals surface area contributed by atoms with Crippen molar-refractivity contribution in [1.29, 1.82) is 0 Å². The molecule has 0 saturated carbocycles. The fraction of sp³-hybridized carbons (Fsp3) is 0.231. The summed E-state index contributed by atoms with van der Waals surface area (Å²) >= 11 is 2.62. The average Bonchev–Trinajstić information content (AvgIpc) is 2.76. The van der Waals surface area contributed by atoms with Gasteiger partial charge in [-0.3, -0.25) is 10.1 Å². The third kappa shape index (κ3) is 3.34. The zero-order valence-corrected chi connectivity index (χ0v) is 12.1. The van der Waals surface area contributed by atoms with E-state index in [9.17, 15) is 15.2 Å². The molecule has 0 radical (unpaired) electrons. The Morgan fingerprint density at radius 3 is 2.53 bits per heavy atom. The van der Waals surface area contributed by atoms with Gasteiger partial charge in [0.05, 0.1) is 11.0 Å². The molecule has 1 N–H and O–H groups in total. The number of aryl methyl sites for hydroxylation is 1. The molecular weight excluding hydrogens is 282 g/mol. The molecule has 0 spiro atoms. The Bertz CT molecular complexity index is 590. The van der Waals surface area contributed by atoms with E-state index in [4.69, 9.17) is 0 Å². The van der Waals surface area contributed by atoms with Gasteiger partial charge in [-0.1, -0.05) is 29.5 Å². The Morgan fingerprint density at radius 1 is 1.37 bits per heavy atom. The first kappa shape index (κ1) is 14.0. The van der Waals surface area contributed by atoms with Gasteiger partial charge in [-0.2, -0.15) is 0 Å². The van der Waals surface area contributed by atoms with Crippen LogP contribution in [0.25, 0.3) is 0 Å². The molecule has 0 unspecified atom stereocenters. The molecular formula is C13H13NO3S2. The van der Waals surface area contributed by atoms with E-state index < -0.39 is 11.0 Å². The van der Waals surface area contributed by atoms with Crippen LogP contribution in [-0.4, -0.2) is 10.0 Å². The van der Waals surface area contributed by atoms with E-state index in [-0.39, 0.29) is 5.69 Å². The zero-order valence-electron chi connectivity index (χ0n) is 10.5. The van der Waals surface area contributed by atoms with Crippen LogP contribution in [0.1, 0.15) is 23.5 Å². The summed E-state index contributed by atoms with van der Waals surface area (Å²) in [6, 6.07) is 9.26. The van der Waals surface area contributed by atoms with Crippen LogP contribution in [0.4, 0.5) is 5.69 Å². The predicted octanol–water partition coefficient (Wildman–Crippen LogP) is 4.17. The predicted molar refractivity (Wildman–Crippen MR) is 76.9 cm³/mol. The lowest BCUT2D eigenvalue weighted by Crippen LogP contribution is -1.87. The number of nitrogens with zero attached hydrogens (tertiary/aromatic N) is 1. The van der Waals surface area contributed by atoms with Crippen LogP contribution in [0.15, 0.2) is 39.4 Å². The van der Waals surface area contributed by atoms with Crippen LogP contribution >= 0.6 is 23.1 Å². The van der Waals surface area contributed by atoms with E-state index in [1.165, 1.54) is 29.2 Å². The molecule has 1 atom stereocenters. The minimum absolute atomic E-state index is 0.0616. The second kappa shape index (κ2) is 5.73. The van der Waals surface area contributed by atoms with Crippen molar-refractivity contribution in [1.82, 2.24) is 0 Å². The number of rotatable bonds is 4. The minimum atomic E-state index is -0.684. The lowest BCUT2D eigenvalue weighted by molar-refractivity contribution is -0.387. The average molecular weight is 295 g/mol. The van der Waals surface area contributed by atoms with Crippen molar-refractivity contribution in [2.24, 2.45) is 0 Å². The highest BCUT2D eigenvalue weighted by Crippen LogP contribution is 2.42. The van der Waals surface area contributed by atoms with Crippen LogP contribution in [0, 0.1) is 17.0 Å². The van der Waals surface area contributed by atoms with Crippen molar-refractivity contribution >= 4 is 28.8 Å². The molecule has 0 bridgehead atoms. The first-order chi connectivity index (χ1) is 8.97. The summed E-state index contributed by atoms with van der Waals surface area (Å²) in [6.45, 7) is 3.60. The minimum Gasteiger partial charge on any atom is -0.388 e. The van der Waals surface area contributed by atoms with Gasteiger partial charge in [0, 0.05) is 15.8 Å². The highest BCUT2D eigenvalue weighted by atomic mass is 32.2. The van der Waals surface area contributed by atoms with E-state index in [1.54, 1.807) is 6.92 Å². The van der Waals surface area contributed by atoms with Crippen molar-refractivity contribution < 1.29 is 10.0 Å². The van der Waals surface area contributed by atoms with Crippen molar-refractivity contribution in [2.75, 3.05) is 0 Å². The highest BCUT2D eigenvalue weighted by Gasteiger charge is 2.21. The quantitative estimate of drug-likeness (QED) is 0.679. The molecule has 0 fully saturated rings. The van der Waals surface area contributed by atoms with Gasteiger partial charge >= 0.3 is 0 Å². The monoisotopic (exact) mass is 295 g/mol. The Labute approximate surface area is 119 Å². The third-order valence-corrected chi connectivity index (χ3v) is 5.03. The van der Waals surface area contributed by atoms with Crippen molar-refractivity contribution in [3.63, 3.8) is 0 Å². The second-order valence-electron chi connectivity index (χ2n) is 4.17. The van der Waals surface area contributed by atoms with Crippen LogP contribution in [0.3, 0.4) is 0 Å². The molecule has 100 valence electrons. The molecule has 1 aromatic carbocycles. The molecule has 0 saturated heterocycles. The molecule has 2 rings (SSSR count). The summed E-state index contributed by atoms with van der Waals surface area (Å²) < 4.78 is 0.602. The summed E-state index contributed by atoms with van der Waals surface area (Å²) in [4.78, 5) is 12.2. The highest BCUT2D eigenvalue weighted by molar-refractivity contribution is 8.01. The van der Waals surface area contributed by atoms with Gasteiger partial charge in [0.15, 0.2) is 0 Å². The third-order valence-electron chi connectivity index (χ3n) is 2.54. The fourth-order valence-corrected chi connectivity index (χ4v) is 3.76.